The molecule has 0 aromatic rings. The van der Waals surface area contributed by atoms with Crippen LogP contribution in [0.15, 0.2) is 10.2 Å². The van der Waals surface area contributed by atoms with E-state index >= 15 is 0 Å². The molecule has 0 aliphatic rings. The van der Waals surface area contributed by atoms with Crippen molar-refractivity contribution in [3.8, 4) is 12.1 Å². The van der Waals surface area contributed by atoms with Crippen molar-refractivity contribution in [2.75, 3.05) is 14.2 Å². The number of hydrogen-bond acceptors (Lipinski definition) is 6. The molecule has 6 nitrogen and oxygen atoms in total. The lowest BCUT2D eigenvalue weighted by Crippen LogP contribution is -2.29. The summed E-state index contributed by atoms with van der Waals surface area (Å²) in [4.78, 5) is 0. The summed E-state index contributed by atoms with van der Waals surface area (Å²) < 4.78 is 10.3. The molecule has 0 aromatic heterocycles. The van der Waals surface area contributed by atoms with E-state index in [1.807, 2.05) is 13.8 Å². The van der Waals surface area contributed by atoms with Crippen molar-refractivity contribution in [3.63, 3.8) is 0 Å². The summed E-state index contributed by atoms with van der Waals surface area (Å²) in [5.41, 5.74) is -1.99. The minimum atomic E-state index is -0.996. The van der Waals surface area contributed by atoms with Crippen LogP contribution in [0.4, 0.5) is 0 Å². The van der Waals surface area contributed by atoms with Crippen LogP contribution in [-0.4, -0.2) is 37.5 Å². The van der Waals surface area contributed by atoms with Gasteiger partial charge in [-0.05, 0) is 27.7 Å². The van der Waals surface area contributed by atoms with E-state index in [0.29, 0.717) is 12.8 Å². The third-order valence-electron chi connectivity index (χ3n) is 3.15. The van der Waals surface area contributed by atoms with E-state index < -0.39 is 11.1 Å². The van der Waals surface area contributed by atoms with Crippen LogP contribution in [-0.2, 0) is 9.47 Å². The zero-order valence-electron chi connectivity index (χ0n) is 13.2. The highest BCUT2D eigenvalue weighted by atomic mass is 16.5. The van der Waals surface area contributed by atoms with Crippen molar-refractivity contribution >= 4 is 0 Å². The van der Waals surface area contributed by atoms with Crippen molar-refractivity contribution in [3.05, 3.63) is 0 Å². The Hall–Kier alpha value is -1.50. The van der Waals surface area contributed by atoms with E-state index in [1.54, 1.807) is 28.1 Å². The number of ether oxygens (including phenoxy) is 2. The quantitative estimate of drug-likeness (QED) is 0.639. The predicted molar refractivity (Wildman–Crippen MR) is 75.1 cm³/mol. The summed E-state index contributed by atoms with van der Waals surface area (Å²) >= 11 is 0. The Bertz CT molecular complexity index is 374. The Labute approximate surface area is 121 Å². The van der Waals surface area contributed by atoms with Gasteiger partial charge in [-0.2, -0.15) is 20.8 Å². The lowest BCUT2D eigenvalue weighted by Gasteiger charge is -2.23. The molecule has 0 saturated heterocycles. The smallest absolute Gasteiger partial charge is 0.167 e. The van der Waals surface area contributed by atoms with Crippen LogP contribution in [0.25, 0.3) is 0 Å². The summed E-state index contributed by atoms with van der Waals surface area (Å²) in [6.07, 6.45) is 0.630. The summed E-state index contributed by atoms with van der Waals surface area (Å²) in [7, 11) is 3.17. The van der Waals surface area contributed by atoms with E-state index in [-0.39, 0.29) is 12.2 Å². The normalized spacial score (nSPS) is 20.4. The first kappa shape index (κ1) is 18.5. The van der Waals surface area contributed by atoms with E-state index in [2.05, 4.69) is 22.4 Å². The molecule has 6 heteroatoms. The average molecular weight is 280 g/mol. The maximum absolute atomic E-state index is 9.26. The molecule has 20 heavy (non-hydrogen) atoms. The fourth-order valence-corrected chi connectivity index (χ4v) is 1.72. The molecule has 0 N–H and O–H groups in total. The van der Waals surface area contributed by atoms with Gasteiger partial charge in [0.25, 0.3) is 0 Å². The fraction of sp³-hybridized carbons (Fsp3) is 0.857. The molecule has 0 fully saturated rings. The second-order valence-corrected chi connectivity index (χ2v) is 5.47. The molecule has 4 atom stereocenters. The van der Waals surface area contributed by atoms with Gasteiger partial charge in [0.05, 0.1) is 24.3 Å². The highest BCUT2D eigenvalue weighted by molar-refractivity contribution is 5.08. The zero-order valence-corrected chi connectivity index (χ0v) is 13.2. The topological polar surface area (TPSA) is 90.8 Å². The van der Waals surface area contributed by atoms with Gasteiger partial charge in [-0.1, -0.05) is 0 Å². The Morgan fingerprint density at radius 3 is 1.40 bits per heavy atom. The van der Waals surface area contributed by atoms with E-state index in [9.17, 15) is 10.5 Å². The van der Waals surface area contributed by atoms with Crippen LogP contribution < -0.4 is 0 Å². The Kier molecular flexibility index (Phi) is 7.34. The summed E-state index contributed by atoms with van der Waals surface area (Å²) in [5, 5.41) is 26.7. The molecule has 0 radical (unpaired) electrons. The largest absolute Gasteiger partial charge is 0.382 e. The van der Waals surface area contributed by atoms with Gasteiger partial charge >= 0.3 is 0 Å². The van der Waals surface area contributed by atoms with Gasteiger partial charge in [-0.15, -0.1) is 0 Å². The van der Waals surface area contributed by atoms with Gasteiger partial charge in [0, 0.05) is 27.1 Å². The fourth-order valence-electron chi connectivity index (χ4n) is 1.72. The Morgan fingerprint density at radius 2 is 1.20 bits per heavy atom. The lowest BCUT2D eigenvalue weighted by molar-refractivity contribution is 0.0931. The van der Waals surface area contributed by atoms with Gasteiger partial charge < -0.3 is 9.47 Å². The van der Waals surface area contributed by atoms with Crippen molar-refractivity contribution < 1.29 is 9.47 Å². The van der Waals surface area contributed by atoms with E-state index in [0.717, 1.165) is 0 Å². The molecule has 112 valence electrons. The maximum atomic E-state index is 9.26. The Morgan fingerprint density at radius 1 is 0.900 bits per heavy atom. The molecule has 0 aliphatic carbocycles. The number of nitriles is 2. The summed E-state index contributed by atoms with van der Waals surface area (Å²) in [6, 6.07) is 4.25. The lowest BCUT2D eigenvalue weighted by atomic mass is 9.96. The first-order valence-corrected chi connectivity index (χ1v) is 6.56. The summed E-state index contributed by atoms with van der Waals surface area (Å²) in [5.74, 6) is 0. The number of hydrogen-bond donors (Lipinski definition) is 0. The molecular formula is C14H24N4O2. The SMILES string of the molecule is COC(C)CC(C)(C#N)N=NC(C)(C#N)CC(C)OC. The zero-order chi connectivity index (χ0) is 15.8. The molecule has 0 rings (SSSR count). The van der Waals surface area contributed by atoms with Crippen molar-refractivity contribution in [1.82, 2.24) is 0 Å². The molecule has 0 aliphatic heterocycles. The molecule has 0 bridgehead atoms. The molecule has 0 spiro atoms. The number of azo groups is 1. The van der Waals surface area contributed by atoms with Crippen molar-refractivity contribution in [2.45, 2.75) is 63.8 Å². The number of nitrogens with zero attached hydrogens (tertiary/aromatic N) is 4. The average Bonchev–Trinajstić information content (AvgIpc) is 2.45. The van der Waals surface area contributed by atoms with Gasteiger partial charge in [-0.25, -0.2) is 0 Å². The third-order valence-corrected chi connectivity index (χ3v) is 3.15. The van der Waals surface area contributed by atoms with Crippen molar-refractivity contribution in [1.29, 1.82) is 10.5 Å². The molecule has 0 amide bonds. The molecule has 0 aromatic carbocycles. The van der Waals surface area contributed by atoms with Crippen molar-refractivity contribution in [2.24, 2.45) is 10.2 Å². The first-order valence-electron chi connectivity index (χ1n) is 6.56. The van der Waals surface area contributed by atoms with Crippen LogP contribution in [0, 0.1) is 22.7 Å². The predicted octanol–water partition coefficient (Wildman–Crippen LogP) is 2.85. The highest BCUT2D eigenvalue weighted by Crippen LogP contribution is 2.24. The van der Waals surface area contributed by atoms with Crippen LogP contribution in [0.3, 0.4) is 0 Å². The number of rotatable bonds is 8. The van der Waals surface area contributed by atoms with Crippen LogP contribution in [0.1, 0.15) is 40.5 Å². The van der Waals surface area contributed by atoms with Crippen LogP contribution in [0.2, 0.25) is 0 Å². The van der Waals surface area contributed by atoms with Crippen LogP contribution in [0.5, 0.6) is 0 Å². The standard InChI is InChI=1S/C14H24N4O2/c1-11(19-5)7-13(3,9-15)17-18-14(4,10-16)8-12(2)20-6/h11-12H,7-8H2,1-6H3. The van der Waals surface area contributed by atoms with Gasteiger partial charge in [0.15, 0.2) is 11.1 Å². The maximum Gasteiger partial charge on any atom is 0.167 e. The monoisotopic (exact) mass is 280 g/mol. The number of methoxy groups -OCH3 is 2. The van der Waals surface area contributed by atoms with Gasteiger partial charge in [-0.3, -0.25) is 0 Å². The van der Waals surface area contributed by atoms with Gasteiger partial charge in [0.2, 0.25) is 0 Å². The molecule has 0 saturated carbocycles. The minimum absolute atomic E-state index is 0.107. The van der Waals surface area contributed by atoms with Gasteiger partial charge in [0.1, 0.15) is 0 Å². The second-order valence-electron chi connectivity index (χ2n) is 5.47. The first-order chi connectivity index (χ1) is 9.24. The van der Waals surface area contributed by atoms with E-state index in [4.69, 9.17) is 9.47 Å². The minimum Gasteiger partial charge on any atom is -0.382 e. The molecule has 0 heterocycles. The highest BCUT2D eigenvalue weighted by Gasteiger charge is 2.31. The second kappa shape index (κ2) is 7.94. The molecule has 4 unspecified atom stereocenters. The third kappa shape index (κ3) is 6.10. The molecular weight excluding hydrogens is 256 g/mol. The summed E-state index contributed by atoms with van der Waals surface area (Å²) in [6.45, 7) is 7.09. The van der Waals surface area contributed by atoms with E-state index in [1.165, 1.54) is 0 Å². The van der Waals surface area contributed by atoms with Crippen LogP contribution >= 0.6 is 0 Å². The Balaban J connectivity index is 5.02.